The Morgan fingerprint density at radius 1 is 1.42 bits per heavy atom. The fourth-order valence-corrected chi connectivity index (χ4v) is 1.71. The SMILES string of the molecule is CC(N)c1cccc2c1C=CC2. The highest BCUT2D eigenvalue weighted by molar-refractivity contribution is 5.63. The molecule has 0 aliphatic heterocycles. The summed E-state index contributed by atoms with van der Waals surface area (Å²) >= 11 is 0. The molecular formula is C11H13N. The van der Waals surface area contributed by atoms with Gasteiger partial charge in [0.05, 0.1) is 0 Å². The van der Waals surface area contributed by atoms with Crippen molar-refractivity contribution in [2.75, 3.05) is 0 Å². The van der Waals surface area contributed by atoms with Crippen molar-refractivity contribution in [2.45, 2.75) is 19.4 Å². The van der Waals surface area contributed by atoms with Crippen LogP contribution in [0.4, 0.5) is 0 Å². The topological polar surface area (TPSA) is 26.0 Å². The van der Waals surface area contributed by atoms with Crippen molar-refractivity contribution in [3.63, 3.8) is 0 Å². The van der Waals surface area contributed by atoms with E-state index in [1.807, 2.05) is 6.92 Å². The van der Waals surface area contributed by atoms with Crippen molar-refractivity contribution >= 4 is 6.08 Å². The number of hydrogen-bond acceptors (Lipinski definition) is 1. The fraction of sp³-hybridized carbons (Fsp3) is 0.273. The molecule has 0 spiro atoms. The van der Waals surface area contributed by atoms with E-state index in [2.05, 4.69) is 30.4 Å². The van der Waals surface area contributed by atoms with Crippen LogP contribution in [-0.2, 0) is 6.42 Å². The average Bonchev–Trinajstić information content (AvgIpc) is 2.49. The Morgan fingerprint density at radius 2 is 2.25 bits per heavy atom. The summed E-state index contributed by atoms with van der Waals surface area (Å²) in [6.07, 6.45) is 5.43. The first-order valence-electron chi connectivity index (χ1n) is 4.33. The van der Waals surface area contributed by atoms with Crippen LogP contribution >= 0.6 is 0 Å². The van der Waals surface area contributed by atoms with Gasteiger partial charge in [0.25, 0.3) is 0 Å². The zero-order valence-corrected chi connectivity index (χ0v) is 7.25. The molecule has 1 aromatic carbocycles. The van der Waals surface area contributed by atoms with Gasteiger partial charge in [0, 0.05) is 6.04 Å². The lowest BCUT2D eigenvalue weighted by Crippen LogP contribution is -2.07. The van der Waals surface area contributed by atoms with Gasteiger partial charge in [-0.1, -0.05) is 30.4 Å². The van der Waals surface area contributed by atoms with Gasteiger partial charge in [0.1, 0.15) is 0 Å². The number of nitrogens with two attached hydrogens (primary N) is 1. The molecule has 1 aromatic rings. The number of allylic oxidation sites excluding steroid dienone is 1. The van der Waals surface area contributed by atoms with Crippen LogP contribution in [0.25, 0.3) is 6.08 Å². The maximum absolute atomic E-state index is 5.85. The molecule has 0 amide bonds. The second-order valence-electron chi connectivity index (χ2n) is 3.32. The van der Waals surface area contributed by atoms with E-state index in [-0.39, 0.29) is 6.04 Å². The van der Waals surface area contributed by atoms with Crippen molar-refractivity contribution in [1.29, 1.82) is 0 Å². The summed E-state index contributed by atoms with van der Waals surface area (Å²) in [5.41, 5.74) is 9.87. The predicted molar refractivity (Wildman–Crippen MR) is 51.8 cm³/mol. The van der Waals surface area contributed by atoms with E-state index in [9.17, 15) is 0 Å². The molecule has 0 saturated carbocycles. The Kier molecular flexibility index (Phi) is 1.74. The van der Waals surface area contributed by atoms with Crippen LogP contribution in [0.15, 0.2) is 24.3 Å². The predicted octanol–water partition coefficient (Wildman–Crippen LogP) is 2.28. The molecular weight excluding hydrogens is 146 g/mol. The van der Waals surface area contributed by atoms with Crippen LogP contribution in [-0.4, -0.2) is 0 Å². The minimum Gasteiger partial charge on any atom is -0.324 e. The number of hydrogen-bond donors (Lipinski definition) is 1. The molecule has 12 heavy (non-hydrogen) atoms. The van der Waals surface area contributed by atoms with Crippen molar-refractivity contribution in [3.05, 3.63) is 41.0 Å². The number of benzene rings is 1. The molecule has 62 valence electrons. The van der Waals surface area contributed by atoms with Gasteiger partial charge in [-0.3, -0.25) is 0 Å². The Labute approximate surface area is 72.9 Å². The molecule has 0 bridgehead atoms. The quantitative estimate of drug-likeness (QED) is 0.668. The standard InChI is InChI=1S/C11H13N/c1-8(12)10-6-2-4-9-5-3-7-11(9)10/h2-4,6-8H,5,12H2,1H3. The van der Waals surface area contributed by atoms with E-state index in [1.165, 1.54) is 16.7 Å². The molecule has 0 heterocycles. The van der Waals surface area contributed by atoms with Gasteiger partial charge < -0.3 is 5.73 Å². The molecule has 1 atom stereocenters. The Morgan fingerprint density at radius 3 is 3.00 bits per heavy atom. The lowest BCUT2D eigenvalue weighted by atomic mass is 9.99. The van der Waals surface area contributed by atoms with Crippen molar-refractivity contribution in [2.24, 2.45) is 5.73 Å². The van der Waals surface area contributed by atoms with Crippen LogP contribution < -0.4 is 5.73 Å². The summed E-state index contributed by atoms with van der Waals surface area (Å²) < 4.78 is 0. The smallest absolute Gasteiger partial charge is 0.0272 e. The third kappa shape index (κ3) is 1.07. The molecule has 1 aliphatic rings. The van der Waals surface area contributed by atoms with Crippen molar-refractivity contribution < 1.29 is 0 Å². The van der Waals surface area contributed by atoms with Gasteiger partial charge in [-0.15, -0.1) is 0 Å². The normalized spacial score (nSPS) is 16.2. The van der Waals surface area contributed by atoms with Crippen molar-refractivity contribution in [3.8, 4) is 0 Å². The zero-order valence-electron chi connectivity index (χ0n) is 7.25. The second-order valence-corrected chi connectivity index (χ2v) is 3.32. The van der Waals surface area contributed by atoms with Crippen molar-refractivity contribution in [1.82, 2.24) is 0 Å². The molecule has 0 radical (unpaired) electrons. The van der Waals surface area contributed by atoms with Gasteiger partial charge in [-0.2, -0.15) is 0 Å². The van der Waals surface area contributed by atoms with Crippen LogP contribution in [0.1, 0.15) is 29.7 Å². The largest absolute Gasteiger partial charge is 0.324 e. The minimum absolute atomic E-state index is 0.141. The van der Waals surface area contributed by atoms with Crippen LogP contribution in [0.5, 0.6) is 0 Å². The molecule has 1 aliphatic carbocycles. The maximum atomic E-state index is 5.85. The lowest BCUT2D eigenvalue weighted by molar-refractivity contribution is 0.815. The maximum Gasteiger partial charge on any atom is 0.0272 e. The van der Waals surface area contributed by atoms with E-state index >= 15 is 0 Å². The van der Waals surface area contributed by atoms with Gasteiger partial charge in [-0.25, -0.2) is 0 Å². The van der Waals surface area contributed by atoms with E-state index in [1.54, 1.807) is 0 Å². The Bertz CT molecular complexity index is 324. The van der Waals surface area contributed by atoms with Crippen LogP contribution in [0, 0.1) is 0 Å². The highest BCUT2D eigenvalue weighted by Crippen LogP contribution is 2.26. The Balaban J connectivity index is 2.56. The third-order valence-electron chi connectivity index (χ3n) is 2.34. The average molecular weight is 159 g/mol. The molecule has 0 aromatic heterocycles. The molecule has 2 N–H and O–H groups in total. The minimum atomic E-state index is 0.141. The first-order chi connectivity index (χ1) is 5.79. The molecule has 1 heteroatoms. The number of fused-ring (bicyclic) bond motifs is 1. The highest BCUT2D eigenvalue weighted by atomic mass is 14.6. The molecule has 2 rings (SSSR count). The summed E-state index contributed by atoms with van der Waals surface area (Å²) in [7, 11) is 0. The summed E-state index contributed by atoms with van der Waals surface area (Å²) in [6.45, 7) is 2.03. The second kappa shape index (κ2) is 2.76. The zero-order chi connectivity index (χ0) is 8.55. The Hall–Kier alpha value is -1.08. The fourth-order valence-electron chi connectivity index (χ4n) is 1.71. The first kappa shape index (κ1) is 7.56. The first-order valence-corrected chi connectivity index (χ1v) is 4.33. The third-order valence-corrected chi connectivity index (χ3v) is 2.34. The van der Waals surface area contributed by atoms with E-state index in [0.717, 1.165) is 6.42 Å². The number of rotatable bonds is 1. The summed E-state index contributed by atoms with van der Waals surface area (Å²) in [6, 6.07) is 6.51. The highest BCUT2D eigenvalue weighted by Gasteiger charge is 2.10. The van der Waals surface area contributed by atoms with Gasteiger partial charge in [0.15, 0.2) is 0 Å². The van der Waals surface area contributed by atoms with Gasteiger partial charge in [-0.05, 0) is 30.0 Å². The van der Waals surface area contributed by atoms with Gasteiger partial charge >= 0.3 is 0 Å². The van der Waals surface area contributed by atoms with Gasteiger partial charge in [0.2, 0.25) is 0 Å². The lowest BCUT2D eigenvalue weighted by Gasteiger charge is -2.10. The molecule has 0 saturated heterocycles. The van der Waals surface area contributed by atoms with E-state index in [0.29, 0.717) is 0 Å². The summed E-state index contributed by atoms with van der Waals surface area (Å²) in [4.78, 5) is 0. The van der Waals surface area contributed by atoms with Crippen LogP contribution in [0.3, 0.4) is 0 Å². The monoisotopic (exact) mass is 159 g/mol. The van der Waals surface area contributed by atoms with Crippen LogP contribution in [0.2, 0.25) is 0 Å². The van der Waals surface area contributed by atoms with E-state index in [4.69, 9.17) is 5.73 Å². The summed E-state index contributed by atoms with van der Waals surface area (Å²) in [5, 5.41) is 0. The molecule has 0 fully saturated rings. The van der Waals surface area contributed by atoms with E-state index < -0.39 is 0 Å². The molecule has 1 unspecified atom stereocenters. The molecule has 1 nitrogen and oxygen atoms in total. The summed E-state index contributed by atoms with van der Waals surface area (Å²) in [5.74, 6) is 0.